The van der Waals surface area contributed by atoms with Gasteiger partial charge in [0.05, 0.1) is 5.41 Å². The Morgan fingerprint density at radius 1 is 0.339 bits per heavy atom. The van der Waals surface area contributed by atoms with E-state index in [4.69, 9.17) is 9.15 Å². The van der Waals surface area contributed by atoms with Crippen molar-refractivity contribution in [1.29, 1.82) is 0 Å². The van der Waals surface area contributed by atoms with E-state index in [0.717, 1.165) is 44.6 Å². The van der Waals surface area contributed by atoms with Crippen LogP contribution in [-0.4, -0.2) is 0 Å². The summed E-state index contributed by atoms with van der Waals surface area (Å²) in [6.45, 7) is 0. The molecule has 13 rings (SSSR count). The van der Waals surface area contributed by atoms with E-state index in [1.807, 2.05) is 12.1 Å². The van der Waals surface area contributed by atoms with Crippen molar-refractivity contribution in [2.45, 2.75) is 5.41 Å². The molecule has 10 aromatic carbocycles. The van der Waals surface area contributed by atoms with Crippen LogP contribution in [0.3, 0.4) is 0 Å². The zero-order valence-electron chi connectivity index (χ0n) is 31.9. The second-order valence-electron chi connectivity index (χ2n) is 15.9. The Hall–Kier alpha value is -7.68. The maximum absolute atomic E-state index is 6.52. The molecule has 1 aromatic heterocycles. The molecule has 59 heavy (non-hydrogen) atoms. The standard InChI is InChI=1S/C57H34O2/c1-3-14-39(15-4-1)57(40-16-5-2-6-17-40)49-28-24-36(37-25-30-53-47(32-37)45-20-9-12-35-13-10-23-54(59-53)55(35)45)33-48(49)56-44-21-11-19-41(42(44)27-29-50(56)57)38-26-31-52-46(34-38)43-18-7-8-22-51(43)58-52/h1-34H. The maximum atomic E-state index is 6.52. The minimum Gasteiger partial charge on any atom is -0.456 e. The van der Waals surface area contributed by atoms with Crippen LogP contribution in [-0.2, 0) is 5.41 Å². The third-order valence-electron chi connectivity index (χ3n) is 12.9. The van der Waals surface area contributed by atoms with Crippen LogP contribution in [0.25, 0.3) is 88.0 Å². The van der Waals surface area contributed by atoms with Crippen LogP contribution in [0.15, 0.2) is 211 Å². The SMILES string of the molecule is c1ccc(C2(c3ccccc3)c3ccc(-c4ccc5c(c4)-c4cccc6cccc(c46)O5)cc3-c3c2ccc2c(-c4ccc5oc6ccccc6c5c4)cccc32)cc1. The number of ether oxygens (including phenoxy) is 1. The van der Waals surface area contributed by atoms with E-state index in [9.17, 15) is 0 Å². The Morgan fingerprint density at radius 2 is 0.983 bits per heavy atom. The van der Waals surface area contributed by atoms with Crippen molar-refractivity contribution in [3.63, 3.8) is 0 Å². The van der Waals surface area contributed by atoms with E-state index in [1.165, 1.54) is 77.2 Å². The topological polar surface area (TPSA) is 22.4 Å². The summed E-state index contributed by atoms with van der Waals surface area (Å²) in [5.74, 6) is 1.80. The molecule has 0 radical (unpaired) electrons. The summed E-state index contributed by atoms with van der Waals surface area (Å²) in [6.07, 6.45) is 0. The Balaban J connectivity index is 1.07. The molecule has 0 fully saturated rings. The van der Waals surface area contributed by atoms with Crippen LogP contribution in [0, 0.1) is 0 Å². The van der Waals surface area contributed by atoms with Gasteiger partial charge in [0.25, 0.3) is 0 Å². The van der Waals surface area contributed by atoms with Crippen molar-refractivity contribution in [2.75, 3.05) is 0 Å². The summed E-state index contributed by atoms with van der Waals surface area (Å²) in [5.41, 5.74) is 16.0. The van der Waals surface area contributed by atoms with Gasteiger partial charge in [-0.2, -0.15) is 0 Å². The van der Waals surface area contributed by atoms with Crippen LogP contribution in [0.2, 0.25) is 0 Å². The van der Waals surface area contributed by atoms with Crippen LogP contribution < -0.4 is 4.74 Å². The molecule has 0 spiro atoms. The Bertz CT molecular complexity index is 3480. The smallest absolute Gasteiger partial charge is 0.135 e. The van der Waals surface area contributed by atoms with Crippen molar-refractivity contribution >= 4 is 43.5 Å². The maximum Gasteiger partial charge on any atom is 0.135 e. The molecule has 1 aliphatic carbocycles. The van der Waals surface area contributed by atoms with Crippen LogP contribution in [0.4, 0.5) is 0 Å². The first-order valence-electron chi connectivity index (χ1n) is 20.3. The minimum atomic E-state index is -0.520. The number of benzene rings is 10. The predicted molar refractivity (Wildman–Crippen MR) is 242 cm³/mol. The number of furan rings is 1. The van der Waals surface area contributed by atoms with E-state index in [1.54, 1.807) is 0 Å². The first-order valence-corrected chi connectivity index (χ1v) is 20.3. The molecule has 2 aliphatic rings. The number of para-hydroxylation sites is 1. The summed E-state index contributed by atoms with van der Waals surface area (Å²) < 4.78 is 12.8. The third-order valence-corrected chi connectivity index (χ3v) is 12.9. The van der Waals surface area contributed by atoms with E-state index < -0.39 is 5.41 Å². The lowest BCUT2D eigenvalue weighted by molar-refractivity contribution is 0.487. The van der Waals surface area contributed by atoms with Crippen molar-refractivity contribution < 1.29 is 9.15 Å². The molecule has 1 aliphatic heterocycles. The van der Waals surface area contributed by atoms with Gasteiger partial charge in [0.15, 0.2) is 0 Å². The fourth-order valence-corrected chi connectivity index (χ4v) is 10.4. The molecule has 11 aromatic rings. The molecule has 274 valence electrons. The Kier molecular flexibility index (Phi) is 6.68. The molecule has 0 amide bonds. The first kappa shape index (κ1) is 32.4. The van der Waals surface area contributed by atoms with Gasteiger partial charge in [-0.25, -0.2) is 0 Å². The Labute approximate surface area is 341 Å². The fraction of sp³-hybridized carbons (Fsp3) is 0.0175. The lowest BCUT2D eigenvalue weighted by Gasteiger charge is -2.34. The van der Waals surface area contributed by atoms with Gasteiger partial charge in [-0.05, 0) is 120 Å². The van der Waals surface area contributed by atoms with Crippen LogP contribution in [0.1, 0.15) is 22.3 Å². The third kappa shape index (κ3) is 4.51. The average molecular weight is 751 g/mol. The number of hydrogen-bond donors (Lipinski definition) is 0. The zero-order chi connectivity index (χ0) is 38.7. The zero-order valence-corrected chi connectivity index (χ0v) is 31.9. The molecular formula is C57H34O2. The molecule has 0 bridgehead atoms. The molecule has 0 saturated heterocycles. The van der Waals surface area contributed by atoms with Gasteiger partial charge in [0.2, 0.25) is 0 Å². The van der Waals surface area contributed by atoms with Gasteiger partial charge in [-0.3, -0.25) is 0 Å². The number of hydrogen-bond acceptors (Lipinski definition) is 2. The van der Waals surface area contributed by atoms with Crippen LogP contribution >= 0.6 is 0 Å². The highest BCUT2D eigenvalue weighted by Crippen LogP contribution is 2.59. The summed E-state index contributed by atoms with van der Waals surface area (Å²) >= 11 is 0. The summed E-state index contributed by atoms with van der Waals surface area (Å²) in [7, 11) is 0. The Morgan fingerprint density at radius 3 is 1.81 bits per heavy atom. The van der Waals surface area contributed by atoms with Gasteiger partial charge < -0.3 is 9.15 Å². The monoisotopic (exact) mass is 750 g/mol. The van der Waals surface area contributed by atoms with E-state index in [0.29, 0.717) is 0 Å². The molecule has 0 N–H and O–H groups in total. The highest BCUT2D eigenvalue weighted by atomic mass is 16.5. The molecule has 0 atom stereocenters. The van der Waals surface area contributed by atoms with E-state index >= 15 is 0 Å². The first-order chi connectivity index (χ1) is 29.2. The average Bonchev–Trinajstić information content (AvgIpc) is 3.83. The molecule has 0 unspecified atom stereocenters. The lowest BCUT2D eigenvalue weighted by atomic mass is 9.67. The van der Waals surface area contributed by atoms with Crippen molar-refractivity contribution in [3.05, 3.63) is 229 Å². The molecule has 2 heterocycles. The largest absolute Gasteiger partial charge is 0.456 e. The van der Waals surface area contributed by atoms with Crippen molar-refractivity contribution in [2.24, 2.45) is 0 Å². The molecular weight excluding hydrogens is 717 g/mol. The van der Waals surface area contributed by atoms with E-state index in [2.05, 4.69) is 194 Å². The van der Waals surface area contributed by atoms with Gasteiger partial charge in [-0.15, -0.1) is 0 Å². The number of rotatable bonds is 4. The summed E-state index contributed by atoms with van der Waals surface area (Å²) in [5, 5.41) is 7.09. The lowest BCUT2D eigenvalue weighted by Crippen LogP contribution is -2.28. The van der Waals surface area contributed by atoms with Gasteiger partial charge >= 0.3 is 0 Å². The van der Waals surface area contributed by atoms with Crippen molar-refractivity contribution in [3.8, 4) is 56.0 Å². The predicted octanol–water partition coefficient (Wildman–Crippen LogP) is 15.4. The normalized spacial score (nSPS) is 13.4. The summed E-state index contributed by atoms with van der Waals surface area (Å²) in [6, 6.07) is 75.3. The van der Waals surface area contributed by atoms with Gasteiger partial charge in [0, 0.05) is 21.7 Å². The van der Waals surface area contributed by atoms with Gasteiger partial charge in [0.1, 0.15) is 22.7 Å². The molecule has 2 heteroatoms. The second-order valence-corrected chi connectivity index (χ2v) is 15.9. The van der Waals surface area contributed by atoms with Crippen molar-refractivity contribution in [1.82, 2.24) is 0 Å². The summed E-state index contributed by atoms with van der Waals surface area (Å²) in [4.78, 5) is 0. The molecule has 2 nitrogen and oxygen atoms in total. The van der Waals surface area contributed by atoms with Gasteiger partial charge in [-0.1, -0.05) is 164 Å². The van der Waals surface area contributed by atoms with E-state index in [-0.39, 0.29) is 0 Å². The quantitative estimate of drug-likeness (QED) is 0.179. The molecule has 0 saturated carbocycles. The second kappa shape index (κ2) is 12.2. The fourth-order valence-electron chi connectivity index (χ4n) is 10.4. The highest BCUT2D eigenvalue weighted by molar-refractivity contribution is 6.12. The van der Waals surface area contributed by atoms with Crippen LogP contribution in [0.5, 0.6) is 11.5 Å². The number of fused-ring (bicyclic) bond motifs is 10. The minimum absolute atomic E-state index is 0.520. The highest BCUT2D eigenvalue weighted by Gasteiger charge is 2.47.